The van der Waals surface area contributed by atoms with Crippen LogP contribution in [0.4, 0.5) is 23.2 Å². The molecule has 3 aromatic rings. The number of nitrogens with one attached hydrogen (secondary N) is 1. The van der Waals surface area contributed by atoms with Gasteiger partial charge in [0.1, 0.15) is 11.2 Å². The minimum absolute atomic E-state index is 0.131. The Morgan fingerprint density at radius 1 is 1.00 bits per heavy atom. The van der Waals surface area contributed by atoms with Crippen LogP contribution in [0.3, 0.4) is 0 Å². The van der Waals surface area contributed by atoms with E-state index in [0.29, 0.717) is 67.5 Å². The molecule has 226 valence electrons. The lowest BCUT2D eigenvalue weighted by Crippen LogP contribution is -2.50. The van der Waals surface area contributed by atoms with Crippen molar-refractivity contribution in [2.45, 2.75) is 32.6 Å². The van der Waals surface area contributed by atoms with Gasteiger partial charge in [-0.25, -0.2) is 4.39 Å². The van der Waals surface area contributed by atoms with Gasteiger partial charge in [-0.1, -0.05) is 18.2 Å². The number of fused-ring (bicyclic) bond motifs is 1. The monoisotopic (exact) mass is 598 g/mol. The first kappa shape index (κ1) is 30.0. The Labute approximate surface area is 245 Å². The van der Waals surface area contributed by atoms with Crippen LogP contribution in [0, 0.1) is 11.2 Å². The lowest BCUT2D eigenvalue weighted by Gasteiger charge is -2.37. The van der Waals surface area contributed by atoms with Crippen molar-refractivity contribution >= 4 is 23.2 Å². The Bertz CT molecular complexity index is 1570. The average molecular weight is 599 g/mol. The topological polar surface area (TPSA) is 83.5 Å². The van der Waals surface area contributed by atoms with Gasteiger partial charge in [0, 0.05) is 38.2 Å². The fourth-order valence-corrected chi connectivity index (χ4v) is 5.38. The third kappa shape index (κ3) is 6.05. The van der Waals surface area contributed by atoms with Crippen molar-refractivity contribution in [3.63, 3.8) is 0 Å². The van der Waals surface area contributed by atoms with Crippen molar-refractivity contribution in [3.8, 4) is 11.5 Å². The summed E-state index contributed by atoms with van der Waals surface area (Å²) >= 11 is 0. The van der Waals surface area contributed by atoms with Crippen LogP contribution in [0.1, 0.15) is 40.4 Å². The van der Waals surface area contributed by atoms with E-state index in [1.807, 2.05) is 18.2 Å². The molecular weight excluding hydrogens is 568 g/mol. The second kappa shape index (κ2) is 11.7. The van der Waals surface area contributed by atoms with Crippen LogP contribution >= 0.6 is 0 Å². The highest BCUT2D eigenvalue weighted by molar-refractivity contribution is 6.19. The third-order valence-electron chi connectivity index (χ3n) is 7.75. The van der Waals surface area contributed by atoms with Crippen LogP contribution in [-0.4, -0.2) is 49.7 Å². The first-order chi connectivity index (χ1) is 20.4. The number of rotatable bonds is 8. The summed E-state index contributed by atoms with van der Waals surface area (Å²) in [5.41, 5.74) is 0.234. The van der Waals surface area contributed by atoms with E-state index in [2.05, 4.69) is 15.3 Å². The molecule has 2 aliphatic rings. The highest BCUT2D eigenvalue weighted by Gasteiger charge is 2.50. The molecule has 12 heteroatoms. The Hall–Kier alpha value is -4.45. The number of amides is 2. The summed E-state index contributed by atoms with van der Waals surface area (Å²) in [7, 11) is 3.10. The normalized spacial score (nSPS) is 18.7. The molecule has 0 radical (unpaired) electrons. The minimum atomic E-state index is -4.90. The van der Waals surface area contributed by atoms with Gasteiger partial charge >= 0.3 is 6.18 Å². The SMILES string of the molecule is COc1ccc(CNC(=O)c2ccc(CN3CCC4=NN(c5ccc(F)c(C(F)(F)F)c5)C(=O)C4(C)C3)cc2)cc1OC. The number of hydrogen-bond acceptors (Lipinski definition) is 6. The summed E-state index contributed by atoms with van der Waals surface area (Å²) in [6.45, 7) is 3.42. The number of alkyl halides is 3. The molecule has 2 aliphatic heterocycles. The maximum Gasteiger partial charge on any atom is 0.419 e. The Morgan fingerprint density at radius 2 is 1.70 bits per heavy atom. The Morgan fingerprint density at radius 3 is 2.37 bits per heavy atom. The molecule has 0 aromatic heterocycles. The second-order valence-corrected chi connectivity index (χ2v) is 10.7. The van der Waals surface area contributed by atoms with Gasteiger partial charge in [-0.3, -0.25) is 14.5 Å². The smallest absolute Gasteiger partial charge is 0.419 e. The largest absolute Gasteiger partial charge is 0.493 e. The van der Waals surface area contributed by atoms with Crippen molar-refractivity contribution in [2.75, 3.05) is 32.3 Å². The van der Waals surface area contributed by atoms with Crippen molar-refractivity contribution in [2.24, 2.45) is 10.5 Å². The van der Waals surface area contributed by atoms with Crippen molar-refractivity contribution in [3.05, 3.63) is 88.7 Å². The Balaban J connectivity index is 1.20. The van der Waals surface area contributed by atoms with Gasteiger partial charge in [0.15, 0.2) is 11.5 Å². The van der Waals surface area contributed by atoms with Gasteiger partial charge in [-0.2, -0.15) is 23.3 Å². The van der Waals surface area contributed by atoms with Gasteiger partial charge < -0.3 is 14.8 Å². The number of ether oxygens (including phenoxy) is 2. The first-order valence-electron chi connectivity index (χ1n) is 13.5. The average Bonchev–Trinajstić information content (AvgIpc) is 3.25. The molecule has 1 unspecified atom stereocenters. The van der Waals surface area contributed by atoms with Crippen LogP contribution < -0.4 is 19.8 Å². The molecule has 5 rings (SSSR count). The maximum absolute atomic E-state index is 13.8. The number of hydrazone groups is 1. The molecule has 1 atom stereocenters. The van der Waals surface area contributed by atoms with Crippen LogP contribution in [0.25, 0.3) is 0 Å². The van der Waals surface area contributed by atoms with Gasteiger partial charge in [0.2, 0.25) is 0 Å². The highest BCUT2D eigenvalue weighted by atomic mass is 19.4. The number of piperidine rings is 1. The number of benzene rings is 3. The summed E-state index contributed by atoms with van der Waals surface area (Å²) < 4.78 is 64.1. The van der Waals surface area contributed by atoms with E-state index in [0.717, 1.165) is 22.2 Å². The highest BCUT2D eigenvalue weighted by Crippen LogP contribution is 2.40. The lowest BCUT2D eigenvalue weighted by atomic mass is 9.79. The van der Waals surface area contributed by atoms with E-state index in [1.54, 1.807) is 45.4 Å². The molecule has 0 aliphatic carbocycles. The molecule has 0 saturated carbocycles. The second-order valence-electron chi connectivity index (χ2n) is 10.7. The van der Waals surface area contributed by atoms with Crippen LogP contribution in [0.5, 0.6) is 11.5 Å². The lowest BCUT2D eigenvalue weighted by molar-refractivity contribution is -0.140. The maximum atomic E-state index is 13.8. The minimum Gasteiger partial charge on any atom is -0.493 e. The zero-order valence-electron chi connectivity index (χ0n) is 23.8. The molecular formula is C31H30F4N4O4. The molecule has 1 fully saturated rings. The fraction of sp³-hybridized carbons (Fsp3) is 0.323. The van der Waals surface area contributed by atoms with E-state index in [-0.39, 0.29) is 11.6 Å². The van der Waals surface area contributed by atoms with Gasteiger partial charge in [-0.15, -0.1) is 0 Å². The van der Waals surface area contributed by atoms with Crippen LogP contribution in [-0.2, 0) is 24.1 Å². The third-order valence-corrected chi connectivity index (χ3v) is 7.75. The van der Waals surface area contributed by atoms with Gasteiger partial charge in [0.05, 0.1) is 31.2 Å². The summed E-state index contributed by atoms with van der Waals surface area (Å²) in [6, 6.07) is 15.0. The quantitative estimate of drug-likeness (QED) is 0.351. The van der Waals surface area contributed by atoms with Crippen molar-refractivity contribution in [1.29, 1.82) is 0 Å². The summed E-state index contributed by atoms with van der Waals surface area (Å²) in [5.74, 6) is -0.943. The van der Waals surface area contributed by atoms with Gasteiger partial charge in [0.25, 0.3) is 11.8 Å². The molecule has 0 spiro atoms. The molecule has 2 amide bonds. The van der Waals surface area contributed by atoms with E-state index in [1.165, 1.54) is 0 Å². The van der Waals surface area contributed by atoms with Gasteiger partial charge in [-0.05, 0) is 60.5 Å². The number of carbonyl (C=O) groups is 2. The zero-order chi connectivity index (χ0) is 30.9. The number of halogens is 4. The molecule has 3 aromatic carbocycles. The molecule has 2 heterocycles. The number of nitrogens with zero attached hydrogens (tertiary/aromatic N) is 3. The summed E-state index contributed by atoms with van der Waals surface area (Å²) in [6.07, 6.45) is -4.45. The number of anilines is 1. The Kier molecular flexibility index (Phi) is 8.15. The molecule has 1 saturated heterocycles. The van der Waals surface area contributed by atoms with Crippen LogP contribution in [0.2, 0.25) is 0 Å². The molecule has 0 bridgehead atoms. The predicted octanol–water partition coefficient (Wildman–Crippen LogP) is 5.41. The van der Waals surface area contributed by atoms with Crippen molar-refractivity contribution < 1.29 is 36.6 Å². The van der Waals surface area contributed by atoms with Crippen LogP contribution in [0.15, 0.2) is 65.8 Å². The number of carbonyl (C=O) groups excluding carboxylic acids is 2. The number of hydrogen-bond donors (Lipinski definition) is 1. The van der Waals surface area contributed by atoms with E-state index in [9.17, 15) is 27.2 Å². The number of likely N-dealkylation sites (tertiary alicyclic amines) is 1. The standard InChI is InChI=1S/C31H30F4N4O4/c1-30-18-38(13-12-27(30)37-39(29(30)41)22-9-10-24(32)23(15-22)31(33,34)35)17-19-4-7-21(8-5-19)28(40)36-16-20-6-11-25(42-2)26(14-20)43-3/h4-11,14-15H,12-13,16-18H2,1-3H3,(H,36,40). The molecule has 8 nitrogen and oxygen atoms in total. The zero-order valence-corrected chi connectivity index (χ0v) is 23.8. The fourth-order valence-electron chi connectivity index (χ4n) is 5.38. The van der Waals surface area contributed by atoms with E-state index >= 15 is 0 Å². The molecule has 43 heavy (non-hydrogen) atoms. The first-order valence-corrected chi connectivity index (χ1v) is 13.5. The van der Waals surface area contributed by atoms with E-state index < -0.39 is 28.9 Å². The number of methoxy groups -OCH3 is 2. The molecule has 1 N–H and O–H groups in total. The van der Waals surface area contributed by atoms with Crippen molar-refractivity contribution in [1.82, 2.24) is 10.2 Å². The predicted molar refractivity (Wildman–Crippen MR) is 151 cm³/mol. The summed E-state index contributed by atoms with van der Waals surface area (Å²) in [4.78, 5) is 28.2. The van der Waals surface area contributed by atoms with E-state index in [4.69, 9.17) is 9.47 Å². The summed E-state index contributed by atoms with van der Waals surface area (Å²) in [5, 5.41) is 8.18.